The number of fused-ring (bicyclic) bond motifs is 5. The van der Waals surface area contributed by atoms with E-state index in [1.807, 2.05) is 0 Å². The molecule has 0 aliphatic heterocycles. The summed E-state index contributed by atoms with van der Waals surface area (Å²) >= 11 is 0. The van der Waals surface area contributed by atoms with Crippen molar-refractivity contribution in [1.82, 2.24) is 0 Å². The Hall–Kier alpha value is -5.92. The van der Waals surface area contributed by atoms with E-state index in [2.05, 4.69) is 0 Å². The van der Waals surface area contributed by atoms with Gasteiger partial charge in [-0.05, 0) is 90.2 Å². The van der Waals surface area contributed by atoms with E-state index >= 15 is 0 Å². The lowest BCUT2D eigenvalue weighted by molar-refractivity contribution is 0.669. The van der Waals surface area contributed by atoms with E-state index in [-0.39, 0.29) is 43.8 Å². The lowest BCUT2D eigenvalue weighted by Gasteiger charge is -2.18. The third-order valence-electron chi connectivity index (χ3n) is 7.35. The van der Waals surface area contributed by atoms with Gasteiger partial charge in [-0.3, -0.25) is 0 Å². The molecule has 1 heteroatoms. The van der Waals surface area contributed by atoms with Gasteiger partial charge in [0.15, 0.2) is 0 Å². The van der Waals surface area contributed by atoms with Crippen molar-refractivity contribution in [3.05, 3.63) is 169 Å². The van der Waals surface area contributed by atoms with E-state index < -0.39 is 189 Å². The fourth-order valence-corrected chi connectivity index (χ4v) is 5.37. The molecular weight excluding hydrogens is 544 g/mol. The van der Waals surface area contributed by atoms with Crippen LogP contribution in [0.15, 0.2) is 174 Å². The maximum absolute atomic E-state index is 9.28. The first kappa shape index (κ1) is 11.2. The Morgan fingerprint density at radius 2 is 0.711 bits per heavy atom. The molecule has 0 spiro atoms. The maximum Gasteiger partial charge on any atom is 0.136 e. The van der Waals surface area contributed by atoms with E-state index in [0.29, 0.717) is 0 Å². The average molecular weight is 597 g/mol. The molecule has 0 saturated heterocycles. The zero-order valence-electron chi connectivity index (χ0n) is 46.7. The van der Waals surface area contributed by atoms with Crippen molar-refractivity contribution in [3.63, 3.8) is 0 Å². The van der Waals surface area contributed by atoms with Gasteiger partial charge in [0.25, 0.3) is 0 Å². The fraction of sp³-hybridized carbons (Fsp3) is 0. The van der Waals surface area contributed by atoms with Crippen LogP contribution in [0.25, 0.3) is 88.0 Å². The molecule has 1 nitrogen and oxygen atoms in total. The number of hydrogen-bond donors (Lipinski definition) is 0. The standard InChI is InChI=1S/C44H28O/c1-3-11-29(12-4-1)33-23-25-35-36-26-24-34(28-42(36)45-41(35)27-33)30-19-21-32(22-20-30)44-39-17-9-7-15-37(39)43(31-13-5-2-6-14-31)38-16-8-10-18-40(38)44/h1-28H/i1D,2D,3D,4D,5D,6D,7D,8D,9D,10D,11D,12D,13D,14D,15D,16D,17D,18D,23D,24D,25D,26D,27D,28D. The second-order valence-electron chi connectivity index (χ2n) is 9.84. The predicted molar refractivity (Wildman–Crippen MR) is 190 cm³/mol. The summed E-state index contributed by atoms with van der Waals surface area (Å²) in [5, 5.41) is -2.07. The zero-order chi connectivity index (χ0) is 50.6. The quantitative estimate of drug-likeness (QED) is 0.184. The summed E-state index contributed by atoms with van der Waals surface area (Å²) < 4.78 is 215. The molecule has 1 aromatic heterocycles. The molecule has 45 heavy (non-hydrogen) atoms. The van der Waals surface area contributed by atoms with E-state index in [4.69, 9.17) is 33.2 Å². The second kappa shape index (κ2) is 10.4. The van der Waals surface area contributed by atoms with Crippen molar-refractivity contribution in [2.45, 2.75) is 0 Å². The first-order valence-electron chi connectivity index (χ1n) is 25.5. The Balaban J connectivity index is 1.34. The molecule has 0 unspecified atom stereocenters. The minimum atomic E-state index is -0.813. The summed E-state index contributed by atoms with van der Waals surface area (Å²) in [5.74, 6) is 0. The Kier molecular flexibility index (Phi) is 2.58. The number of rotatable bonds is 4. The zero-order valence-corrected chi connectivity index (χ0v) is 22.7. The van der Waals surface area contributed by atoms with Crippen LogP contribution in [0.5, 0.6) is 0 Å². The van der Waals surface area contributed by atoms with E-state index in [0.717, 1.165) is 0 Å². The highest BCUT2D eigenvalue weighted by Crippen LogP contribution is 2.44. The smallest absolute Gasteiger partial charge is 0.136 e. The molecule has 0 aliphatic carbocycles. The van der Waals surface area contributed by atoms with E-state index in [1.54, 1.807) is 0 Å². The van der Waals surface area contributed by atoms with Gasteiger partial charge >= 0.3 is 0 Å². The van der Waals surface area contributed by atoms with Crippen LogP contribution in [0.1, 0.15) is 32.9 Å². The SMILES string of the molecule is [2H]c1c([2H])c([2H])c(-c2c([2H])c([2H])c3c(oc4c([2H])c(-c5ccc(-c6c7c([2H])c([2H])c([2H])c([2H])c7c(-c7c([2H])c([2H])c([2H])c([2H])c7[2H])c7c([2H])c([2H])c([2H])c([2H])c67)cc5)c([2H])c([2H])c43)c2[2H])c([2H])c1[2H]. The molecule has 0 radical (unpaired) electrons. The summed E-state index contributed by atoms with van der Waals surface area (Å²) in [4.78, 5) is 0. The van der Waals surface area contributed by atoms with Crippen LogP contribution in [0.4, 0.5) is 0 Å². The molecule has 8 aromatic carbocycles. The van der Waals surface area contributed by atoms with E-state index in [1.165, 1.54) is 24.3 Å². The summed E-state index contributed by atoms with van der Waals surface area (Å²) in [6, 6.07) is -12.0. The third kappa shape index (κ3) is 4.24. The molecule has 0 fully saturated rings. The summed E-state index contributed by atoms with van der Waals surface area (Å²) in [6.45, 7) is 0. The second-order valence-corrected chi connectivity index (χ2v) is 9.84. The van der Waals surface area contributed by atoms with Crippen molar-refractivity contribution in [2.24, 2.45) is 0 Å². The third-order valence-corrected chi connectivity index (χ3v) is 7.35. The van der Waals surface area contributed by atoms with Crippen LogP contribution >= 0.6 is 0 Å². The fourth-order valence-electron chi connectivity index (χ4n) is 5.37. The van der Waals surface area contributed by atoms with Crippen molar-refractivity contribution in [2.75, 3.05) is 0 Å². The first-order chi connectivity index (χ1) is 32.3. The molecule has 0 bridgehead atoms. The van der Waals surface area contributed by atoms with Crippen molar-refractivity contribution in [3.8, 4) is 44.5 Å². The summed E-state index contributed by atoms with van der Waals surface area (Å²) in [5.41, 5.74) is -3.20. The Morgan fingerprint density at radius 3 is 1.22 bits per heavy atom. The average Bonchev–Trinajstić information content (AvgIpc) is 3.75. The summed E-state index contributed by atoms with van der Waals surface area (Å²) in [6.07, 6.45) is 0. The topological polar surface area (TPSA) is 13.1 Å². The van der Waals surface area contributed by atoms with Gasteiger partial charge in [0.1, 0.15) is 11.2 Å². The largest absolute Gasteiger partial charge is 0.456 e. The van der Waals surface area contributed by atoms with Crippen LogP contribution in [-0.2, 0) is 0 Å². The molecule has 210 valence electrons. The number of hydrogen-bond acceptors (Lipinski definition) is 1. The van der Waals surface area contributed by atoms with Gasteiger partial charge < -0.3 is 4.42 Å². The van der Waals surface area contributed by atoms with Gasteiger partial charge in [0.05, 0.1) is 32.9 Å². The molecule has 0 aliphatic rings. The molecule has 1 heterocycles. The Labute approximate surface area is 295 Å². The lowest BCUT2D eigenvalue weighted by Crippen LogP contribution is -1.90. The molecule has 0 amide bonds. The van der Waals surface area contributed by atoms with Crippen LogP contribution in [0, 0.1) is 0 Å². The van der Waals surface area contributed by atoms with Crippen LogP contribution in [-0.4, -0.2) is 0 Å². The van der Waals surface area contributed by atoms with Gasteiger partial charge in [0, 0.05) is 10.8 Å². The van der Waals surface area contributed by atoms with Gasteiger partial charge in [-0.15, -0.1) is 0 Å². The van der Waals surface area contributed by atoms with Crippen LogP contribution in [0.2, 0.25) is 0 Å². The van der Waals surface area contributed by atoms with Crippen molar-refractivity contribution in [1.29, 1.82) is 0 Å². The van der Waals surface area contributed by atoms with Crippen molar-refractivity contribution < 1.29 is 37.3 Å². The molecule has 0 saturated carbocycles. The van der Waals surface area contributed by atoms with Crippen molar-refractivity contribution >= 4 is 43.5 Å². The molecule has 9 rings (SSSR count). The minimum absolute atomic E-state index is 0.0613. The van der Waals surface area contributed by atoms with Crippen LogP contribution < -0.4 is 0 Å². The molecular formula is C44H28O. The molecule has 0 atom stereocenters. The number of furan rings is 1. The Bertz CT molecular complexity index is 3740. The summed E-state index contributed by atoms with van der Waals surface area (Å²) in [7, 11) is 0. The van der Waals surface area contributed by atoms with Gasteiger partial charge in [-0.25, -0.2) is 0 Å². The normalized spacial score (nSPS) is 19.0. The highest BCUT2D eigenvalue weighted by Gasteiger charge is 2.16. The predicted octanol–water partition coefficient (Wildman–Crippen LogP) is 12.6. The highest BCUT2D eigenvalue weighted by atomic mass is 16.3. The van der Waals surface area contributed by atoms with Crippen LogP contribution in [0.3, 0.4) is 0 Å². The maximum atomic E-state index is 9.28. The number of benzene rings is 8. The highest BCUT2D eigenvalue weighted by molar-refractivity contribution is 6.21. The van der Waals surface area contributed by atoms with Gasteiger partial charge in [0.2, 0.25) is 0 Å². The first-order valence-corrected chi connectivity index (χ1v) is 13.5. The van der Waals surface area contributed by atoms with E-state index in [9.17, 15) is 4.11 Å². The van der Waals surface area contributed by atoms with Gasteiger partial charge in [-0.1, -0.05) is 145 Å². The monoisotopic (exact) mass is 596 g/mol. The molecule has 0 N–H and O–H groups in total. The minimum Gasteiger partial charge on any atom is -0.456 e. The Morgan fingerprint density at radius 1 is 0.311 bits per heavy atom. The lowest BCUT2D eigenvalue weighted by atomic mass is 9.86. The van der Waals surface area contributed by atoms with Gasteiger partial charge in [-0.2, -0.15) is 0 Å². The molecule has 9 aromatic rings.